The highest BCUT2D eigenvalue weighted by molar-refractivity contribution is 7.80. The number of benzene rings is 3. The minimum atomic E-state index is -4.78. The summed E-state index contributed by atoms with van der Waals surface area (Å²) in [7, 11) is -3.43. The first-order chi connectivity index (χ1) is 18.1. The van der Waals surface area contributed by atoms with Crippen LogP contribution in [0.3, 0.4) is 0 Å². The Kier molecular flexibility index (Phi) is 6.53. The molecule has 0 spiro atoms. The Labute approximate surface area is 216 Å². The molecule has 0 aromatic heterocycles. The van der Waals surface area contributed by atoms with E-state index in [0.717, 1.165) is 0 Å². The summed E-state index contributed by atoms with van der Waals surface area (Å²) in [6.07, 6.45) is -4.80. The lowest BCUT2D eigenvalue weighted by Gasteiger charge is -2.35. The Morgan fingerprint density at radius 2 is 1.58 bits per heavy atom. The predicted octanol–water partition coefficient (Wildman–Crippen LogP) is 2.48. The van der Waals surface area contributed by atoms with Crippen LogP contribution in [0.15, 0.2) is 54.6 Å². The Morgan fingerprint density at radius 1 is 0.868 bits per heavy atom. The van der Waals surface area contributed by atoms with Crippen LogP contribution in [0.4, 0.5) is 0 Å². The second kappa shape index (κ2) is 9.68. The van der Waals surface area contributed by atoms with Crippen molar-refractivity contribution < 1.29 is 56.2 Å². The van der Waals surface area contributed by atoms with Gasteiger partial charge in [-0.3, -0.25) is 9.35 Å². The second-order valence-corrected chi connectivity index (χ2v) is 9.63. The molecule has 38 heavy (non-hydrogen) atoms. The maximum absolute atomic E-state index is 12.8. The third-order valence-corrected chi connectivity index (χ3v) is 6.57. The second-order valence-electron chi connectivity index (χ2n) is 8.54. The van der Waals surface area contributed by atoms with Crippen molar-refractivity contribution in [1.29, 1.82) is 0 Å². The van der Waals surface area contributed by atoms with Crippen molar-refractivity contribution in [2.45, 2.75) is 24.4 Å². The molecule has 0 saturated carbocycles. The van der Waals surface area contributed by atoms with Crippen molar-refractivity contribution in [3.8, 4) is 34.5 Å². The molecule has 0 fully saturated rings. The lowest BCUT2D eigenvalue weighted by molar-refractivity contribution is -0.00802. The molecule has 3 aromatic rings. The lowest BCUT2D eigenvalue weighted by Crippen LogP contribution is -2.38. The molecule has 0 bridgehead atoms. The molecule has 0 aliphatic carbocycles. The Balaban J connectivity index is 1.50. The summed E-state index contributed by atoms with van der Waals surface area (Å²) in [5.41, 5.74) is 0.668. The van der Waals surface area contributed by atoms with E-state index in [-0.39, 0.29) is 40.1 Å². The average molecular weight is 547 g/mol. The van der Waals surface area contributed by atoms with Gasteiger partial charge in [0.2, 0.25) is 5.78 Å². The largest absolute Gasteiger partial charge is 0.507 e. The molecule has 0 radical (unpaired) electrons. The van der Waals surface area contributed by atoms with Gasteiger partial charge in [0.1, 0.15) is 23.7 Å². The third kappa shape index (κ3) is 4.79. The smallest absolute Gasteiger partial charge is 0.397 e. The number of Topliss-reactive ketones (excluding diaryl/α,β-unsaturated/α-hetero) is 1. The zero-order chi connectivity index (χ0) is 27.2. The molecule has 200 valence electrons. The number of ketones is 1. The number of fused-ring (bicyclic) bond motifs is 2. The molecule has 0 amide bonds. The van der Waals surface area contributed by atoms with Gasteiger partial charge in [-0.15, -0.1) is 0 Å². The van der Waals surface area contributed by atoms with Gasteiger partial charge in [0.25, 0.3) is 0 Å². The van der Waals surface area contributed by atoms with Gasteiger partial charge in [0.15, 0.2) is 47.4 Å². The first-order valence-electron chi connectivity index (χ1n) is 11.2. The van der Waals surface area contributed by atoms with Crippen LogP contribution >= 0.6 is 0 Å². The van der Waals surface area contributed by atoms with Crippen LogP contribution in [0.1, 0.15) is 33.7 Å². The molecule has 2 heterocycles. The van der Waals surface area contributed by atoms with E-state index in [1.807, 2.05) is 0 Å². The van der Waals surface area contributed by atoms with Gasteiger partial charge in [0, 0.05) is 5.56 Å². The molecular weight excluding hydrogens is 524 g/mol. The lowest BCUT2D eigenvalue weighted by atomic mass is 9.92. The van der Waals surface area contributed by atoms with Crippen molar-refractivity contribution >= 4 is 16.2 Å². The molecule has 4 atom stereocenters. The van der Waals surface area contributed by atoms with E-state index in [1.54, 1.807) is 0 Å². The number of methoxy groups -OCH3 is 1. The van der Waals surface area contributed by atoms with E-state index in [9.17, 15) is 28.5 Å². The van der Waals surface area contributed by atoms with Crippen molar-refractivity contribution in [3.05, 3.63) is 71.3 Å². The minimum absolute atomic E-state index is 0.108. The number of aliphatic hydroxyl groups is 1. The van der Waals surface area contributed by atoms with Crippen LogP contribution in [-0.2, 0) is 14.6 Å². The molecular formula is C25H22O12S. The van der Waals surface area contributed by atoms with Crippen molar-refractivity contribution in [3.63, 3.8) is 0 Å². The van der Waals surface area contributed by atoms with Crippen molar-refractivity contribution in [1.82, 2.24) is 0 Å². The maximum Gasteiger partial charge on any atom is 0.397 e. The Morgan fingerprint density at radius 3 is 2.32 bits per heavy atom. The van der Waals surface area contributed by atoms with Crippen LogP contribution < -0.4 is 18.9 Å². The van der Waals surface area contributed by atoms with Crippen molar-refractivity contribution in [2.75, 3.05) is 13.7 Å². The zero-order valence-corrected chi connectivity index (χ0v) is 20.5. The van der Waals surface area contributed by atoms with Crippen LogP contribution in [-0.4, -0.2) is 60.0 Å². The number of rotatable bonds is 6. The maximum atomic E-state index is 12.8. The summed E-state index contributed by atoms with van der Waals surface area (Å²) in [4.78, 5) is 12.8. The Hall–Kier alpha value is -4.04. The summed E-state index contributed by atoms with van der Waals surface area (Å²) in [5.74, 6) is -0.558. The number of carbonyl (C=O) groups is 1. The number of aromatic hydroxyl groups is 2. The summed E-state index contributed by atoms with van der Waals surface area (Å²) in [5, 5.41) is 30.7. The first-order valence-corrected chi connectivity index (χ1v) is 12.6. The van der Waals surface area contributed by atoms with Gasteiger partial charge < -0.3 is 34.3 Å². The number of ether oxygens (including phenoxy) is 4. The van der Waals surface area contributed by atoms with Crippen LogP contribution in [0.5, 0.6) is 34.5 Å². The normalized spacial score (nSPS) is 22.3. The molecule has 5 rings (SSSR count). The fourth-order valence-electron chi connectivity index (χ4n) is 4.36. The van der Waals surface area contributed by atoms with Gasteiger partial charge in [-0.1, -0.05) is 18.2 Å². The van der Waals surface area contributed by atoms with Gasteiger partial charge in [-0.25, -0.2) is 4.18 Å². The standard InChI is InChI=1S/C25H22O12S/c1-33-18-9-12(5-7-14(18)26)24-20(11-34-38(30,31)32)35-16-8-6-13(10-19(16)37-24)25-23(29)22(28)21-15(27)3-2-4-17(21)36-25/h2-10,20,23-27,29H,11H2,1H3,(H,30,31,32)/t20?,23-,24?,25+/m0/s1. The molecule has 2 unspecified atom stereocenters. The first kappa shape index (κ1) is 25.6. The van der Waals surface area contributed by atoms with E-state index in [1.165, 1.54) is 61.7 Å². The summed E-state index contributed by atoms with van der Waals surface area (Å²) < 4.78 is 59.0. The molecule has 2 aliphatic heterocycles. The number of aliphatic hydroxyl groups excluding tert-OH is 1. The highest BCUT2D eigenvalue weighted by Crippen LogP contribution is 2.45. The van der Waals surface area contributed by atoms with Crippen molar-refractivity contribution in [2.24, 2.45) is 0 Å². The van der Waals surface area contributed by atoms with Crippen LogP contribution in [0, 0.1) is 0 Å². The molecule has 12 nitrogen and oxygen atoms in total. The summed E-state index contributed by atoms with van der Waals surface area (Å²) in [6, 6.07) is 13.2. The number of phenols is 2. The van der Waals surface area contributed by atoms with E-state index >= 15 is 0 Å². The van der Waals surface area contributed by atoms with Crippen LogP contribution in [0.2, 0.25) is 0 Å². The molecule has 4 N–H and O–H groups in total. The van der Waals surface area contributed by atoms with Gasteiger partial charge in [-0.05, 0) is 42.0 Å². The Bertz CT molecular complexity index is 1500. The van der Waals surface area contributed by atoms with Gasteiger partial charge in [-0.2, -0.15) is 8.42 Å². The number of hydrogen-bond donors (Lipinski definition) is 4. The topological polar surface area (TPSA) is 178 Å². The quantitative estimate of drug-likeness (QED) is 0.333. The SMILES string of the molecule is COc1cc(C2Oc3cc([C@H]4Oc5cccc(O)c5C(=O)[C@@H]4O)ccc3OC2COS(=O)(=O)O)ccc1O. The predicted molar refractivity (Wildman–Crippen MR) is 128 cm³/mol. The van der Waals surface area contributed by atoms with E-state index < -0.39 is 47.2 Å². The number of carbonyl (C=O) groups excluding carboxylic acids is 1. The molecule has 3 aromatic carbocycles. The average Bonchev–Trinajstić information content (AvgIpc) is 2.88. The number of hydrogen-bond acceptors (Lipinski definition) is 11. The fourth-order valence-corrected chi connectivity index (χ4v) is 4.67. The summed E-state index contributed by atoms with van der Waals surface area (Å²) in [6.45, 7) is -0.604. The number of phenolic OH excluding ortho intramolecular Hbond substituents is 2. The molecule has 0 saturated heterocycles. The highest BCUT2D eigenvalue weighted by Gasteiger charge is 2.40. The van der Waals surface area contributed by atoms with E-state index in [0.29, 0.717) is 11.1 Å². The fraction of sp³-hybridized carbons (Fsp3) is 0.240. The zero-order valence-electron chi connectivity index (χ0n) is 19.7. The van der Waals surface area contributed by atoms with E-state index in [4.69, 9.17) is 23.5 Å². The van der Waals surface area contributed by atoms with Gasteiger partial charge in [0.05, 0.1) is 7.11 Å². The van der Waals surface area contributed by atoms with E-state index in [2.05, 4.69) is 4.18 Å². The molecule has 13 heteroatoms. The minimum Gasteiger partial charge on any atom is -0.507 e. The van der Waals surface area contributed by atoms with Gasteiger partial charge >= 0.3 is 10.4 Å². The van der Waals surface area contributed by atoms with Crippen LogP contribution in [0.25, 0.3) is 0 Å². The monoisotopic (exact) mass is 546 g/mol. The summed E-state index contributed by atoms with van der Waals surface area (Å²) >= 11 is 0. The molecule has 2 aliphatic rings. The highest BCUT2D eigenvalue weighted by atomic mass is 32.3. The third-order valence-electron chi connectivity index (χ3n) is 6.14.